The first-order valence-corrected chi connectivity index (χ1v) is 4.64. The maximum Gasteiger partial charge on any atom is 0.305 e. The fourth-order valence-corrected chi connectivity index (χ4v) is 1.45. The summed E-state index contributed by atoms with van der Waals surface area (Å²) < 4.78 is 12.7. The van der Waals surface area contributed by atoms with Gasteiger partial charge in [0.15, 0.2) is 0 Å². The zero-order chi connectivity index (χ0) is 11.4. The summed E-state index contributed by atoms with van der Waals surface area (Å²) in [5.74, 6) is -1.18. The van der Waals surface area contributed by atoms with E-state index in [0.717, 1.165) is 5.56 Å². The van der Waals surface area contributed by atoms with E-state index in [2.05, 4.69) is 0 Å². The van der Waals surface area contributed by atoms with Gasteiger partial charge in [0.05, 0.1) is 6.42 Å². The van der Waals surface area contributed by atoms with Crippen LogP contribution in [0.4, 0.5) is 4.39 Å². The first-order valence-electron chi connectivity index (χ1n) is 4.64. The van der Waals surface area contributed by atoms with Crippen LogP contribution in [0.25, 0.3) is 0 Å². The molecule has 1 aromatic rings. The third-order valence-corrected chi connectivity index (χ3v) is 2.25. The molecule has 0 saturated carbocycles. The monoisotopic (exact) mass is 211 g/mol. The summed E-state index contributed by atoms with van der Waals surface area (Å²) in [7, 11) is 3.61. The lowest BCUT2D eigenvalue weighted by Crippen LogP contribution is -2.22. The summed E-state index contributed by atoms with van der Waals surface area (Å²) in [5, 5.41) is 8.75. The van der Waals surface area contributed by atoms with Gasteiger partial charge in [-0.15, -0.1) is 0 Å². The van der Waals surface area contributed by atoms with Crippen molar-refractivity contribution in [1.82, 2.24) is 4.90 Å². The minimum atomic E-state index is -0.863. The zero-order valence-corrected chi connectivity index (χ0v) is 8.77. The second-order valence-corrected chi connectivity index (χ2v) is 3.63. The van der Waals surface area contributed by atoms with Crippen molar-refractivity contribution in [2.45, 2.75) is 12.5 Å². The molecule has 0 bridgehead atoms. The highest BCUT2D eigenvalue weighted by Gasteiger charge is 2.17. The molecule has 1 N–H and O–H groups in total. The van der Waals surface area contributed by atoms with E-state index in [1.165, 1.54) is 12.1 Å². The van der Waals surface area contributed by atoms with Crippen LogP contribution in [0.5, 0.6) is 0 Å². The number of hydrogen-bond donors (Lipinski definition) is 1. The molecule has 0 saturated heterocycles. The van der Waals surface area contributed by atoms with Crippen molar-refractivity contribution in [3.8, 4) is 0 Å². The van der Waals surface area contributed by atoms with Gasteiger partial charge in [-0.3, -0.25) is 4.79 Å². The van der Waals surface area contributed by atoms with Crippen molar-refractivity contribution in [2.24, 2.45) is 0 Å². The van der Waals surface area contributed by atoms with Crippen molar-refractivity contribution in [1.29, 1.82) is 0 Å². The van der Waals surface area contributed by atoms with Crippen LogP contribution in [0.3, 0.4) is 0 Å². The largest absolute Gasteiger partial charge is 0.481 e. The molecular weight excluding hydrogens is 197 g/mol. The summed E-state index contributed by atoms with van der Waals surface area (Å²) in [5.41, 5.74) is 0.809. The lowest BCUT2D eigenvalue weighted by atomic mass is 10.0. The SMILES string of the molecule is CN(C)C(CC(=O)O)c1ccc(F)cc1. The Bertz CT molecular complexity index is 335. The number of halogens is 1. The summed E-state index contributed by atoms with van der Waals surface area (Å²) in [4.78, 5) is 12.5. The molecule has 0 fully saturated rings. The molecule has 1 rings (SSSR count). The van der Waals surface area contributed by atoms with Gasteiger partial charge in [-0.1, -0.05) is 12.1 Å². The number of carboxylic acid groups (broad SMARTS) is 1. The van der Waals surface area contributed by atoms with E-state index >= 15 is 0 Å². The van der Waals surface area contributed by atoms with Gasteiger partial charge in [0.1, 0.15) is 5.82 Å². The molecule has 3 nitrogen and oxygen atoms in total. The molecule has 82 valence electrons. The number of carbonyl (C=O) groups is 1. The summed E-state index contributed by atoms with van der Waals surface area (Å²) in [6.45, 7) is 0. The summed E-state index contributed by atoms with van der Waals surface area (Å²) in [6, 6.07) is 5.69. The lowest BCUT2D eigenvalue weighted by molar-refractivity contribution is -0.138. The van der Waals surface area contributed by atoms with Crippen LogP contribution in [0.15, 0.2) is 24.3 Å². The number of carboxylic acids is 1. The lowest BCUT2D eigenvalue weighted by Gasteiger charge is -2.22. The molecule has 0 radical (unpaired) electrons. The van der Waals surface area contributed by atoms with E-state index in [1.54, 1.807) is 31.1 Å². The molecule has 0 heterocycles. The highest BCUT2D eigenvalue weighted by molar-refractivity contribution is 5.67. The van der Waals surface area contributed by atoms with Crippen molar-refractivity contribution in [2.75, 3.05) is 14.1 Å². The zero-order valence-electron chi connectivity index (χ0n) is 8.77. The average Bonchev–Trinajstić information content (AvgIpc) is 2.15. The van der Waals surface area contributed by atoms with Gasteiger partial charge >= 0.3 is 5.97 Å². The number of hydrogen-bond acceptors (Lipinski definition) is 2. The first kappa shape index (κ1) is 11.7. The van der Waals surface area contributed by atoms with Gasteiger partial charge < -0.3 is 10.0 Å². The molecule has 1 unspecified atom stereocenters. The Balaban J connectivity index is 2.88. The van der Waals surface area contributed by atoms with Crippen LogP contribution in [-0.4, -0.2) is 30.1 Å². The quantitative estimate of drug-likeness (QED) is 0.827. The number of nitrogens with zero attached hydrogens (tertiary/aromatic N) is 1. The van der Waals surface area contributed by atoms with Crippen LogP contribution >= 0.6 is 0 Å². The van der Waals surface area contributed by atoms with Crippen molar-refractivity contribution >= 4 is 5.97 Å². The Kier molecular flexibility index (Phi) is 3.80. The van der Waals surface area contributed by atoms with E-state index in [9.17, 15) is 9.18 Å². The van der Waals surface area contributed by atoms with E-state index < -0.39 is 5.97 Å². The Morgan fingerprint density at radius 1 is 1.40 bits per heavy atom. The van der Waals surface area contributed by atoms with Gasteiger partial charge in [0, 0.05) is 6.04 Å². The van der Waals surface area contributed by atoms with Gasteiger partial charge in [-0.2, -0.15) is 0 Å². The molecule has 15 heavy (non-hydrogen) atoms. The van der Waals surface area contributed by atoms with Crippen molar-refractivity contribution in [3.63, 3.8) is 0 Å². The predicted molar refractivity (Wildman–Crippen MR) is 55.1 cm³/mol. The molecule has 1 aromatic carbocycles. The Hall–Kier alpha value is -1.42. The highest BCUT2D eigenvalue weighted by Crippen LogP contribution is 2.21. The van der Waals surface area contributed by atoms with Gasteiger partial charge in [-0.05, 0) is 31.8 Å². The molecule has 0 amide bonds. The van der Waals surface area contributed by atoms with E-state index in [0.29, 0.717) is 0 Å². The Labute approximate surface area is 88.1 Å². The van der Waals surface area contributed by atoms with Crippen LogP contribution in [0.2, 0.25) is 0 Å². The topological polar surface area (TPSA) is 40.5 Å². The van der Waals surface area contributed by atoms with Gasteiger partial charge in [0.25, 0.3) is 0 Å². The van der Waals surface area contributed by atoms with E-state index in [1.807, 2.05) is 0 Å². The maximum absolute atomic E-state index is 12.7. The van der Waals surface area contributed by atoms with Gasteiger partial charge in [0.2, 0.25) is 0 Å². The van der Waals surface area contributed by atoms with Crippen molar-refractivity contribution < 1.29 is 14.3 Å². The maximum atomic E-state index is 12.7. The van der Waals surface area contributed by atoms with Gasteiger partial charge in [-0.25, -0.2) is 4.39 Å². The molecule has 0 aliphatic heterocycles. The second-order valence-electron chi connectivity index (χ2n) is 3.63. The number of rotatable bonds is 4. The average molecular weight is 211 g/mol. The fraction of sp³-hybridized carbons (Fsp3) is 0.364. The van der Waals surface area contributed by atoms with E-state index in [-0.39, 0.29) is 18.3 Å². The van der Waals surface area contributed by atoms with E-state index in [4.69, 9.17) is 5.11 Å². The smallest absolute Gasteiger partial charge is 0.305 e. The van der Waals surface area contributed by atoms with Crippen LogP contribution in [-0.2, 0) is 4.79 Å². The molecule has 0 aliphatic carbocycles. The number of aliphatic carboxylic acids is 1. The predicted octanol–water partition coefficient (Wildman–Crippen LogP) is 1.90. The Morgan fingerprint density at radius 3 is 2.33 bits per heavy atom. The molecule has 0 aliphatic rings. The minimum absolute atomic E-state index is 0.0125. The van der Waals surface area contributed by atoms with Crippen molar-refractivity contribution in [3.05, 3.63) is 35.6 Å². The molecule has 4 heteroatoms. The standard InChI is InChI=1S/C11H14FNO2/c1-13(2)10(7-11(14)15)8-3-5-9(12)6-4-8/h3-6,10H,7H2,1-2H3,(H,14,15). The normalized spacial score (nSPS) is 12.8. The third kappa shape index (κ3) is 3.32. The van der Waals surface area contributed by atoms with Crippen LogP contribution < -0.4 is 0 Å². The first-order chi connectivity index (χ1) is 7.00. The Morgan fingerprint density at radius 2 is 1.93 bits per heavy atom. The minimum Gasteiger partial charge on any atom is -0.481 e. The third-order valence-electron chi connectivity index (χ3n) is 2.25. The molecular formula is C11H14FNO2. The molecule has 0 spiro atoms. The summed E-state index contributed by atoms with van der Waals surface area (Å²) >= 11 is 0. The highest BCUT2D eigenvalue weighted by atomic mass is 19.1. The summed E-state index contributed by atoms with van der Waals surface area (Å²) in [6.07, 6.45) is 0.0125. The van der Waals surface area contributed by atoms with Crippen LogP contribution in [0.1, 0.15) is 18.0 Å². The molecule has 1 atom stereocenters. The van der Waals surface area contributed by atoms with Crippen LogP contribution in [0, 0.1) is 5.82 Å². The number of benzene rings is 1. The fourth-order valence-electron chi connectivity index (χ4n) is 1.45. The molecule has 0 aromatic heterocycles. The second kappa shape index (κ2) is 4.89.